The summed E-state index contributed by atoms with van der Waals surface area (Å²) >= 11 is 0. The Labute approximate surface area is 119 Å². The summed E-state index contributed by atoms with van der Waals surface area (Å²) in [6, 6.07) is 16.6. The van der Waals surface area contributed by atoms with E-state index in [1.807, 2.05) is 12.1 Å². The fourth-order valence-electron chi connectivity index (χ4n) is 2.45. The van der Waals surface area contributed by atoms with Gasteiger partial charge in [-0.3, -0.25) is 0 Å². The highest BCUT2D eigenvalue weighted by atomic mass is 16.5. The van der Waals surface area contributed by atoms with Gasteiger partial charge in [0.15, 0.2) is 5.76 Å². The van der Waals surface area contributed by atoms with Crippen LogP contribution in [0.3, 0.4) is 0 Å². The first-order chi connectivity index (χ1) is 9.65. The Morgan fingerprint density at radius 2 is 1.40 bits per heavy atom. The van der Waals surface area contributed by atoms with Crippen molar-refractivity contribution in [2.24, 2.45) is 0 Å². The van der Waals surface area contributed by atoms with E-state index in [4.69, 9.17) is 4.52 Å². The minimum Gasteiger partial charge on any atom is -0.355 e. The highest BCUT2D eigenvalue weighted by molar-refractivity contribution is 5.72. The summed E-state index contributed by atoms with van der Waals surface area (Å²) in [4.78, 5) is 0. The van der Waals surface area contributed by atoms with Gasteiger partial charge in [0.05, 0.1) is 0 Å². The average molecular weight is 263 g/mol. The zero-order valence-electron chi connectivity index (χ0n) is 12.0. The van der Waals surface area contributed by atoms with Gasteiger partial charge >= 0.3 is 0 Å². The Bertz CT molecular complexity index is 693. The second kappa shape index (κ2) is 4.97. The van der Waals surface area contributed by atoms with Gasteiger partial charge in [0.1, 0.15) is 5.69 Å². The minimum atomic E-state index is 0.852. The first kappa shape index (κ1) is 12.7. The van der Waals surface area contributed by atoms with E-state index in [0.717, 1.165) is 28.1 Å². The molecule has 20 heavy (non-hydrogen) atoms. The van der Waals surface area contributed by atoms with Crippen LogP contribution in [0.2, 0.25) is 0 Å². The van der Waals surface area contributed by atoms with Crippen molar-refractivity contribution in [3.05, 3.63) is 65.2 Å². The smallest absolute Gasteiger partial charge is 0.170 e. The van der Waals surface area contributed by atoms with Crippen LogP contribution in [0.1, 0.15) is 16.7 Å². The van der Waals surface area contributed by atoms with Gasteiger partial charge in [0, 0.05) is 16.7 Å². The first-order valence-electron chi connectivity index (χ1n) is 6.75. The fraction of sp³-hybridized carbons (Fsp3) is 0.167. The molecular formula is C18H17NO. The van der Waals surface area contributed by atoms with E-state index >= 15 is 0 Å². The second-order valence-electron chi connectivity index (χ2n) is 5.22. The monoisotopic (exact) mass is 263 g/mol. The van der Waals surface area contributed by atoms with E-state index in [-0.39, 0.29) is 0 Å². The number of rotatable bonds is 2. The van der Waals surface area contributed by atoms with Crippen LogP contribution in [0.15, 0.2) is 53.1 Å². The zero-order valence-corrected chi connectivity index (χ0v) is 12.0. The molecule has 3 aromatic rings. The van der Waals surface area contributed by atoms with Gasteiger partial charge in [-0.15, -0.1) is 0 Å². The molecule has 100 valence electrons. The van der Waals surface area contributed by atoms with Crippen LogP contribution >= 0.6 is 0 Å². The van der Waals surface area contributed by atoms with E-state index in [0.29, 0.717) is 0 Å². The molecule has 3 rings (SSSR count). The Balaban J connectivity index is 2.09. The van der Waals surface area contributed by atoms with Crippen LogP contribution in [0.5, 0.6) is 0 Å². The average Bonchev–Trinajstić information content (AvgIpc) is 2.80. The van der Waals surface area contributed by atoms with Crippen molar-refractivity contribution in [1.82, 2.24) is 5.16 Å². The standard InChI is InChI=1S/C18H17NO/c1-12-6-4-8-15(10-12)17-14(3)18(20-19-17)16-9-5-7-13(2)11-16/h4-11H,1-3H3. The number of nitrogens with zero attached hydrogens (tertiary/aromatic N) is 1. The van der Waals surface area contributed by atoms with Crippen LogP contribution in [0.25, 0.3) is 22.6 Å². The molecule has 2 nitrogen and oxygen atoms in total. The maximum Gasteiger partial charge on any atom is 0.170 e. The van der Waals surface area contributed by atoms with Crippen molar-refractivity contribution in [2.75, 3.05) is 0 Å². The highest BCUT2D eigenvalue weighted by Gasteiger charge is 2.15. The lowest BCUT2D eigenvalue weighted by Crippen LogP contribution is -1.83. The molecular weight excluding hydrogens is 246 g/mol. The second-order valence-corrected chi connectivity index (χ2v) is 5.22. The third kappa shape index (κ3) is 2.25. The van der Waals surface area contributed by atoms with Gasteiger partial charge in [-0.05, 0) is 32.9 Å². The molecule has 1 aromatic heterocycles. The Kier molecular flexibility index (Phi) is 3.15. The van der Waals surface area contributed by atoms with E-state index in [1.54, 1.807) is 0 Å². The van der Waals surface area contributed by atoms with Crippen molar-refractivity contribution in [2.45, 2.75) is 20.8 Å². The molecule has 0 saturated carbocycles. The lowest BCUT2D eigenvalue weighted by molar-refractivity contribution is 0.434. The lowest BCUT2D eigenvalue weighted by atomic mass is 10.0. The van der Waals surface area contributed by atoms with E-state index in [2.05, 4.69) is 62.3 Å². The summed E-state index contributed by atoms with van der Waals surface area (Å²) in [5, 5.41) is 4.26. The minimum absolute atomic E-state index is 0.852. The predicted octanol–water partition coefficient (Wildman–Crippen LogP) is 4.93. The molecule has 0 N–H and O–H groups in total. The maximum absolute atomic E-state index is 5.58. The maximum atomic E-state index is 5.58. The van der Waals surface area contributed by atoms with Crippen molar-refractivity contribution in [1.29, 1.82) is 0 Å². The largest absolute Gasteiger partial charge is 0.355 e. The predicted molar refractivity (Wildman–Crippen MR) is 81.6 cm³/mol. The van der Waals surface area contributed by atoms with Crippen LogP contribution < -0.4 is 0 Å². The van der Waals surface area contributed by atoms with E-state index in [1.165, 1.54) is 11.1 Å². The molecule has 2 heteroatoms. The fourth-order valence-corrected chi connectivity index (χ4v) is 2.45. The molecule has 0 unspecified atom stereocenters. The first-order valence-corrected chi connectivity index (χ1v) is 6.75. The molecule has 0 aliphatic heterocycles. The Hall–Kier alpha value is -2.35. The lowest BCUT2D eigenvalue weighted by Gasteiger charge is -2.01. The summed E-state index contributed by atoms with van der Waals surface area (Å²) in [5.41, 5.74) is 6.63. The molecule has 0 fully saturated rings. The number of aryl methyl sites for hydroxylation is 2. The molecule has 0 radical (unpaired) electrons. The molecule has 0 spiro atoms. The third-order valence-electron chi connectivity index (χ3n) is 3.50. The van der Waals surface area contributed by atoms with Crippen LogP contribution in [-0.4, -0.2) is 5.16 Å². The Morgan fingerprint density at radius 1 is 0.800 bits per heavy atom. The number of hydrogen-bond acceptors (Lipinski definition) is 2. The van der Waals surface area contributed by atoms with Crippen LogP contribution in [0, 0.1) is 20.8 Å². The van der Waals surface area contributed by atoms with Crippen LogP contribution in [0.4, 0.5) is 0 Å². The van der Waals surface area contributed by atoms with Crippen molar-refractivity contribution >= 4 is 0 Å². The number of hydrogen-bond donors (Lipinski definition) is 0. The van der Waals surface area contributed by atoms with E-state index < -0.39 is 0 Å². The van der Waals surface area contributed by atoms with Crippen LogP contribution in [-0.2, 0) is 0 Å². The number of aromatic nitrogens is 1. The molecule has 1 heterocycles. The molecule has 0 bridgehead atoms. The quantitative estimate of drug-likeness (QED) is 0.655. The summed E-state index contributed by atoms with van der Waals surface area (Å²) in [6.07, 6.45) is 0. The summed E-state index contributed by atoms with van der Waals surface area (Å²) in [7, 11) is 0. The summed E-state index contributed by atoms with van der Waals surface area (Å²) < 4.78 is 5.58. The topological polar surface area (TPSA) is 26.0 Å². The molecule has 0 aliphatic rings. The Morgan fingerprint density at radius 3 is 2.05 bits per heavy atom. The van der Waals surface area contributed by atoms with Gasteiger partial charge in [0.25, 0.3) is 0 Å². The molecule has 0 amide bonds. The van der Waals surface area contributed by atoms with Crippen molar-refractivity contribution in [3.63, 3.8) is 0 Å². The van der Waals surface area contributed by atoms with Gasteiger partial charge in [-0.25, -0.2) is 0 Å². The van der Waals surface area contributed by atoms with Gasteiger partial charge in [0.2, 0.25) is 0 Å². The molecule has 0 atom stereocenters. The third-order valence-corrected chi connectivity index (χ3v) is 3.50. The molecule has 0 saturated heterocycles. The van der Waals surface area contributed by atoms with Gasteiger partial charge in [-0.2, -0.15) is 0 Å². The molecule has 0 aliphatic carbocycles. The van der Waals surface area contributed by atoms with Crippen molar-refractivity contribution < 1.29 is 4.52 Å². The SMILES string of the molecule is Cc1cccc(-c2noc(-c3cccc(C)c3)c2C)c1. The zero-order chi connectivity index (χ0) is 14.1. The van der Waals surface area contributed by atoms with Gasteiger partial charge < -0.3 is 4.52 Å². The molecule has 2 aromatic carbocycles. The normalized spacial score (nSPS) is 10.8. The summed E-state index contributed by atoms with van der Waals surface area (Å²) in [6.45, 7) is 6.23. The highest BCUT2D eigenvalue weighted by Crippen LogP contribution is 2.31. The van der Waals surface area contributed by atoms with E-state index in [9.17, 15) is 0 Å². The van der Waals surface area contributed by atoms with Gasteiger partial charge in [-0.1, -0.05) is 52.7 Å². The number of benzene rings is 2. The van der Waals surface area contributed by atoms with Crippen molar-refractivity contribution in [3.8, 4) is 22.6 Å². The summed E-state index contributed by atoms with van der Waals surface area (Å²) in [5.74, 6) is 0.852.